The minimum atomic E-state index is -0.237. The number of hydrogen-bond acceptors (Lipinski definition) is 6. The molecule has 2 aliphatic carbocycles. The zero-order valence-corrected chi connectivity index (χ0v) is 20.5. The van der Waals surface area contributed by atoms with Crippen LogP contribution < -0.4 is 0 Å². The minimum Gasteiger partial charge on any atom is -0.507 e. The summed E-state index contributed by atoms with van der Waals surface area (Å²) in [6.07, 6.45) is 0. The Kier molecular flexibility index (Phi) is 3.56. The van der Waals surface area contributed by atoms with Gasteiger partial charge in [0.2, 0.25) is 0 Å². The van der Waals surface area contributed by atoms with Gasteiger partial charge in [-0.05, 0) is 58.3 Å². The molecule has 188 valence electrons. The number of hydrogen-bond donors (Lipinski definition) is 4. The first-order chi connectivity index (χ1) is 19.4. The molecule has 7 aromatic carbocycles. The summed E-state index contributed by atoms with van der Waals surface area (Å²) in [6, 6.07) is 19.8. The molecule has 0 amide bonds. The molecule has 4 N–H and O–H groups in total. The fourth-order valence-electron chi connectivity index (χ4n) is 7.15. The third-order valence-electron chi connectivity index (χ3n) is 8.67. The maximum Gasteiger partial charge on any atom is 0.194 e. The maximum atomic E-state index is 13.6. The lowest BCUT2D eigenvalue weighted by molar-refractivity contribution is 0.103. The van der Waals surface area contributed by atoms with E-state index in [-0.39, 0.29) is 34.6 Å². The second kappa shape index (κ2) is 6.68. The van der Waals surface area contributed by atoms with Crippen molar-refractivity contribution < 1.29 is 30.0 Å². The van der Waals surface area contributed by atoms with E-state index in [2.05, 4.69) is 0 Å². The van der Waals surface area contributed by atoms with Gasteiger partial charge in [-0.1, -0.05) is 36.4 Å². The Morgan fingerprint density at radius 3 is 1.23 bits per heavy atom. The topological polar surface area (TPSA) is 115 Å². The fourth-order valence-corrected chi connectivity index (χ4v) is 7.15. The van der Waals surface area contributed by atoms with Crippen LogP contribution >= 0.6 is 0 Å². The van der Waals surface area contributed by atoms with Crippen molar-refractivity contribution in [3.8, 4) is 45.3 Å². The van der Waals surface area contributed by atoms with E-state index in [0.29, 0.717) is 76.8 Å². The second-order valence-corrected chi connectivity index (χ2v) is 10.5. The average molecular weight is 520 g/mol. The summed E-state index contributed by atoms with van der Waals surface area (Å²) < 4.78 is 0. The van der Waals surface area contributed by atoms with Crippen molar-refractivity contribution in [2.75, 3.05) is 0 Å². The number of benzene rings is 7. The Morgan fingerprint density at radius 1 is 0.375 bits per heavy atom. The average Bonchev–Trinajstić information content (AvgIpc) is 2.95. The monoisotopic (exact) mass is 520 g/mol. The molecule has 2 aliphatic rings. The first kappa shape index (κ1) is 21.3. The molecular weight excluding hydrogens is 504 g/mol. The van der Waals surface area contributed by atoms with E-state index in [1.54, 1.807) is 36.4 Å². The number of fused-ring (bicyclic) bond motifs is 6. The molecule has 0 radical (unpaired) electrons. The molecule has 0 heterocycles. The van der Waals surface area contributed by atoms with Crippen LogP contribution in [0.25, 0.3) is 65.3 Å². The Balaban J connectivity index is 1.57. The number of phenolic OH excluding ortho intramolecular Hbond substituents is 4. The van der Waals surface area contributed by atoms with E-state index in [9.17, 15) is 30.0 Å². The number of aromatic hydroxyl groups is 4. The van der Waals surface area contributed by atoms with Gasteiger partial charge < -0.3 is 20.4 Å². The molecule has 0 saturated carbocycles. The van der Waals surface area contributed by atoms with Gasteiger partial charge in [0.1, 0.15) is 23.0 Å². The highest BCUT2D eigenvalue weighted by atomic mass is 16.3. The van der Waals surface area contributed by atoms with Gasteiger partial charge in [0.05, 0.1) is 0 Å². The second-order valence-electron chi connectivity index (χ2n) is 10.5. The molecule has 40 heavy (non-hydrogen) atoms. The fraction of sp³-hybridized carbons (Fsp3) is 0. The number of rotatable bonds is 0. The third-order valence-corrected chi connectivity index (χ3v) is 8.67. The number of carbonyl (C=O) groups is 2. The number of ketones is 2. The van der Waals surface area contributed by atoms with Crippen LogP contribution in [0.3, 0.4) is 0 Å². The predicted molar refractivity (Wildman–Crippen MR) is 152 cm³/mol. The Hall–Kier alpha value is -5.62. The predicted octanol–water partition coefficient (Wildman–Crippen LogP) is 6.98. The molecule has 9 rings (SSSR count). The van der Waals surface area contributed by atoms with Gasteiger partial charge in [-0.3, -0.25) is 9.59 Å². The van der Waals surface area contributed by atoms with Crippen LogP contribution in [0.4, 0.5) is 0 Å². The lowest BCUT2D eigenvalue weighted by Gasteiger charge is -2.27. The lowest BCUT2D eigenvalue weighted by atomic mass is 9.76. The van der Waals surface area contributed by atoms with Gasteiger partial charge in [-0.25, -0.2) is 0 Å². The minimum absolute atomic E-state index is 0.0637. The summed E-state index contributed by atoms with van der Waals surface area (Å²) in [4.78, 5) is 27.2. The Bertz CT molecular complexity index is 2230. The van der Waals surface area contributed by atoms with Crippen LogP contribution in [0.15, 0.2) is 72.8 Å². The quantitative estimate of drug-likeness (QED) is 0.127. The molecule has 0 atom stereocenters. The molecule has 0 spiro atoms. The molecule has 7 aromatic rings. The van der Waals surface area contributed by atoms with Crippen molar-refractivity contribution in [3.05, 3.63) is 95.1 Å². The van der Waals surface area contributed by atoms with Crippen molar-refractivity contribution in [3.63, 3.8) is 0 Å². The Morgan fingerprint density at radius 2 is 0.800 bits per heavy atom. The van der Waals surface area contributed by atoms with Crippen LogP contribution in [0.2, 0.25) is 0 Å². The standard InChI is InChI=1S/C34H16O6/c35-21-5-1-3-15-25(21)19-11-23(37)31-29-13(7-9-17(27(19)29)33(15)39)14-8-10-18-28-20(12-24(38)32(31)30(14)28)26-16(34(18)40)4-2-6-22(26)36/h1-12,35-38H. The molecule has 0 aliphatic heterocycles. The van der Waals surface area contributed by atoms with Crippen LogP contribution in [-0.2, 0) is 0 Å². The van der Waals surface area contributed by atoms with Crippen molar-refractivity contribution in [1.82, 2.24) is 0 Å². The summed E-state index contributed by atoms with van der Waals surface area (Å²) in [7, 11) is 0. The first-order valence-electron chi connectivity index (χ1n) is 12.8. The molecule has 0 fully saturated rings. The van der Waals surface area contributed by atoms with Gasteiger partial charge in [0, 0.05) is 65.7 Å². The third kappa shape index (κ3) is 2.20. The molecule has 6 heteroatoms. The summed E-state index contributed by atoms with van der Waals surface area (Å²) in [5, 5.41) is 49.2. The highest BCUT2D eigenvalue weighted by molar-refractivity contribution is 6.43. The van der Waals surface area contributed by atoms with Crippen LogP contribution in [0, 0.1) is 0 Å². The van der Waals surface area contributed by atoms with Gasteiger partial charge in [-0.15, -0.1) is 0 Å². The molecule has 0 bridgehead atoms. The zero-order valence-electron chi connectivity index (χ0n) is 20.5. The SMILES string of the molecule is O=C1c2cccc(O)c2-c2cc(O)c3c4c(O)cc5c6c(ccc(c7ccc1c2c73)c64)C(=O)c1cccc(O)c1-5. The molecule has 6 nitrogen and oxygen atoms in total. The van der Waals surface area contributed by atoms with Crippen molar-refractivity contribution in [2.45, 2.75) is 0 Å². The lowest BCUT2D eigenvalue weighted by Crippen LogP contribution is -2.11. The Labute approximate surface area is 224 Å². The highest BCUT2D eigenvalue weighted by Gasteiger charge is 2.34. The summed E-state index contributed by atoms with van der Waals surface area (Å²) in [6.45, 7) is 0. The van der Waals surface area contributed by atoms with Gasteiger partial charge in [-0.2, -0.15) is 0 Å². The van der Waals surface area contributed by atoms with Gasteiger partial charge in [0.25, 0.3) is 0 Å². The zero-order chi connectivity index (χ0) is 27.2. The molecule has 0 saturated heterocycles. The van der Waals surface area contributed by atoms with E-state index < -0.39 is 0 Å². The van der Waals surface area contributed by atoms with E-state index >= 15 is 0 Å². The number of phenols is 4. The van der Waals surface area contributed by atoms with E-state index in [0.717, 1.165) is 10.8 Å². The summed E-state index contributed by atoms with van der Waals surface area (Å²) in [5.74, 6) is -0.857. The maximum absolute atomic E-state index is 13.6. The van der Waals surface area contributed by atoms with Crippen molar-refractivity contribution in [1.29, 1.82) is 0 Å². The van der Waals surface area contributed by atoms with Gasteiger partial charge >= 0.3 is 0 Å². The van der Waals surface area contributed by atoms with E-state index in [4.69, 9.17) is 0 Å². The molecule has 0 aromatic heterocycles. The summed E-state index contributed by atoms with van der Waals surface area (Å²) in [5.41, 5.74) is 3.36. The highest BCUT2D eigenvalue weighted by Crippen LogP contribution is 2.56. The normalized spacial score (nSPS) is 13.5. The van der Waals surface area contributed by atoms with Gasteiger partial charge in [0.15, 0.2) is 11.6 Å². The smallest absolute Gasteiger partial charge is 0.194 e. The molecule has 0 unspecified atom stereocenters. The molecular formula is C34H16O6. The van der Waals surface area contributed by atoms with E-state index in [1.807, 2.05) is 12.1 Å². The van der Waals surface area contributed by atoms with E-state index in [1.165, 1.54) is 24.3 Å². The van der Waals surface area contributed by atoms with Crippen LogP contribution in [0.1, 0.15) is 31.8 Å². The van der Waals surface area contributed by atoms with Crippen LogP contribution in [-0.4, -0.2) is 32.0 Å². The van der Waals surface area contributed by atoms with Crippen molar-refractivity contribution in [2.24, 2.45) is 0 Å². The largest absolute Gasteiger partial charge is 0.507 e. The first-order valence-corrected chi connectivity index (χ1v) is 12.8. The number of carbonyl (C=O) groups excluding carboxylic acids is 2. The van der Waals surface area contributed by atoms with Crippen LogP contribution in [0.5, 0.6) is 23.0 Å². The van der Waals surface area contributed by atoms with Crippen molar-refractivity contribution >= 4 is 54.7 Å². The summed E-state index contributed by atoms with van der Waals surface area (Å²) >= 11 is 0.